The van der Waals surface area contributed by atoms with Crippen LogP contribution in [-0.2, 0) is 6.18 Å². The molecule has 1 rings (SSSR count). The molecule has 0 aliphatic carbocycles. The molecule has 5 nitrogen and oxygen atoms in total. The predicted octanol–water partition coefficient (Wildman–Crippen LogP) is 5.81. The molecule has 1 heterocycles. The number of carbonyl (C=O) groups excluding carboxylic acids is 1. The first-order chi connectivity index (χ1) is 12.5. The van der Waals surface area contributed by atoms with Gasteiger partial charge >= 0.3 is 6.18 Å². The van der Waals surface area contributed by atoms with Crippen LogP contribution in [0.25, 0.3) is 0 Å². The van der Waals surface area contributed by atoms with Crippen molar-refractivity contribution in [3.05, 3.63) is 5.82 Å². The highest BCUT2D eigenvalue weighted by Crippen LogP contribution is 2.26. The Kier molecular flexibility index (Phi) is 11.1. The lowest BCUT2D eigenvalue weighted by Crippen LogP contribution is -2.21. The first-order valence-corrected chi connectivity index (χ1v) is 9.85. The van der Waals surface area contributed by atoms with Crippen LogP contribution >= 0.6 is 0 Å². The molecule has 0 aliphatic heterocycles. The molecule has 1 aromatic rings. The SMILES string of the molecule is CCCCCCCCCCCCCCCC(=O)n1nnnc1C(F)(F)F. The number of carbonyl (C=O) groups is 1. The lowest BCUT2D eigenvalue weighted by molar-refractivity contribution is -0.146. The number of halogens is 3. The van der Waals surface area contributed by atoms with Crippen LogP contribution in [0.15, 0.2) is 0 Å². The molecule has 0 aliphatic rings. The topological polar surface area (TPSA) is 60.7 Å². The number of nitrogens with zero attached hydrogens (tertiary/aromatic N) is 4. The highest BCUT2D eigenvalue weighted by atomic mass is 19.4. The van der Waals surface area contributed by atoms with Gasteiger partial charge in [0.2, 0.25) is 5.91 Å². The number of tetrazole rings is 1. The Balaban J connectivity index is 1.99. The molecule has 0 aromatic carbocycles. The summed E-state index contributed by atoms with van der Waals surface area (Å²) in [4.78, 5) is 11.8. The molecule has 0 amide bonds. The van der Waals surface area contributed by atoms with E-state index in [9.17, 15) is 18.0 Å². The van der Waals surface area contributed by atoms with E-state index in [-0.39, 0.29) is 11.1 Å². The zero-order valence-corrected chi connectivity index (χ0v) is 15.7. The largest absolute Gasteiger partial charge is 0.453 e. The van der Waals surface area contributed by atoms with Gasteiger partial charge in [-0.3, -0.25) is 4.79 Å². The number of aromatic nitrogens is 4. The van der Waals surface area contributed by atoms with E-state index in [4.69, 9.17) is 0 Å². The molecule has 0 atom stereocenters. The van der Waals surface area contributed by atoms with E-state index in [1.807, 2.05) is 0 Å². The first kappa shape index (κ1) is 22.6. The summed E-state index contributed by atoms with van der Waals surface area (Å²) in [5.74, 6) is -2.05. The van der Waals surface area contributed by atoms with Crippen LogP contribution in [0.4, 0.5) is 13.2 Å². The molecule has 8 heteroatoms. The van der Waals surface area contributed by atoms with Crippen LogP contribution in [-0.4, -0.2) is 26.1 Å². The third-order valence-electron chi connectivity index (χ3n) is 4.45. The maximum atomic E-state index is 12.6. The Labute approximate surface area is 153 Å². The van der Waals surface area contributed by atoms with Gasteiger partial charge < -0.3 is 0 Å². The van der Waals surface area contributed by atoms with Gasteiger partial charge in [0.05, 0.1) is 0 Å². The average Bonchev–Trinajstić information content (AvgIpc) is 3.09. The first-order valence-electron chi connectivity index (χ1n) is 9.85. The number of hydrogen-bond acceptors (Lipinski definition) is 4. The average molecular weight is 376 g/mol. The number of alkyl halides is 3. The van der Waals surface area contributed by atoms with Crippen LogP contribution in [0.3, 0.4) is 0 Å². The zero-order chi connectivity index (χ0) is 19.3. The summed E-state index contributed by atoms with van der Waals surface area (Å²) in [5, 5.41) is 8.97. The van der Waals surface area contributed by atoms with Crippen LogP contribution in [0, 0.1) is 0 Å². The Morgan fingerprint density at radius 1 is 0.846 bits per heavy atom. The van der Waals surface area contributed by atoms with Gasteiger partial charge in [0.25, 0.3) is 5.82 Å². The van der Waals surface area contributed by atoms with Crippen molar-refractivity contribution < 1.29 is 18.0 Å². The molecule has 0 fully saturated rings. The summed E-state index contributed by atoms with van der Waals surface area (Å²) in [6, 6.07) is 0. The van der Waals surface area contributed by atoms with Gasteiger partial charge in [0.1, 0.15) is 0 Å². The van der Waals surface area contributed by atoms with Crippen LogP contribution < -0.4 is 0 Å². The van der Waals surface area contributed by atoms with Gasteiger partial charge in [-0.05, 0) is 16.8 Å². The van der Waals surface area contributed by atoms with Crippen molar-refractivity contribution in [2.45, 2.75) is 103 Å². The summed E-state index contributed by atoms with van der Waals surface area (Å²) in [5.41, 5.74) is 0. The van der Waals surface area contributed by atoms with Gasteiger partial charge in [-0.25, -0.2) is 0 Å². The fourth-order valence-corrected chi connectivity index (χ4v) is 2.93. The zero-order valence-electron chi connectivity index (χ0n) is 15.7. The van der Waals surface area contributed by atoms with Crippen molar-refractivity contribution in [1.29, 1.82) is 0 Å². The van der Waals surface area contributed by atoms with Crippen LogP contribution in [0.2, 0.25) is 0 Å². The van der Waals surface area contributed by atoms with Gasteiger partial charge in [0.15, 0.2) is 0 Å². The molecular formula is C18H31F3N4O. The summed E-state index contributed by atoms with van der Waals surface area (Å²) in [6.07, 6.45) is 10.5. The number of hydrogen-bond donors (Lipinski definition) is 0. The van der Waals surface area contributed by atoms with E-state index in [0.29, 0.717) is 6.42 Å². The molecule has 0 bridgehead atoms. The fraction of sp³-hybridized carbons (Fsp3) is 0.889. The third-order valence-corrected chi connectivity index (χ3v) is 4.45. The highest BCUT2D eigenvalue weighted by Gasteiger charge is 2.39. The third kappa shape index (κ3) is 9.29. The molecule has 1 aromatic heterocycles. The van der Waals surface area contributed by atoms with Crippen LogP contribution in [0.1, 0.15) is 107 Å². The maximum absolute atomic E-state index is 12.6. The van der Waals surface area contributed by atoms with Crippen molar-refractivity contribution in [2.75, 3.05) is 0 Å². The van der Waals surface area contributed by atoms with Gasteiger partial charge in [-0.15, -0.1) is 5.10 Å². The Hall–Kier alpha value is -1.47. The second kappa shape index (κ2) is 12.8. The molecule has 0 unspecified atom stereocenters. The summed E-state index contributed by atoms with van der Waals surface area (Å²) in [7, 11) is 0. The quantitative estimate of drug-likeness (QED) is 0.303. The van der Waals surface area contributed by atoms with E-state index in [2.05, 4.69) is 22.4 Å². The Morgan fingerprint density at radius 3 is 1.77 bits per heavy atom. The van der Waals surface area contributed by atoms with E-state index >= 15 is 0 Å². The fourth-order valence-electron chi connectivity index (χ4n) is 2.93. The minimum atomic E-state index is -4.71. The molecule has 0 saturated carbocycles. The van der Waals surface area contributed by atoms with E-state index in [1.54, 1.807) is 0 Å². The molecular weight excluding hydrogens is 345 g/mol. The summed E-state index contributed by atoms with van der Waals surface area (Å²) in [6.45, 7) is 2.22. The molecule has 0 spiro atoms. The van der Waals surface area contributed by atoms with E-state index in [0.717, 1.165) is 19.3 Å². The molecule has 0 N–H and O–H groups in total. The van der Waals surface area contributed by atoms with Crippen molar-refractivity contribution in [1.82, 2.24) is 20.2 Å². The lowest BCUT2D eigenvalue weighted by Gasteiger charge is -2.06. The normalized spacial score (nSPS) is 11.8. The number of rotatable bonds is 14. The van der Waals surface area contributed by atoms with Gasteiger partial charge in [-0.2, -0.15) is 17.9 Å². The molecule has 150 valence electrons. The van der Waals surface area contributed by atoms with Gasteiger partial charge in [-0.1, -0.05) is 84.0 Å². The lowest BCUT2D eigenvalue weighted by atomic mass is 10.0. The monoisotopic (exact) mass is 376 g/mol. The molecule has 0 saturated heterocycles. The van der Waals surface area contributed by atoms with Crippen LogP contribution in [0.5, 0.6) is 0 Å². The smallest absolute Gasteiger partial charge is 0.272 e. The number of unbranched alkanes of at least 4 members (excludes halogenated alkanes) is 12. The van der Waals surface area contributed by atoms with Crippen molar-refractivity contribution >= 4 is 5.91 Å². The van der Waals surface area contributed by atoms with Crippen molar-refractivity contribution in [3.63, 3.8) is 0 Å². The highest BCUT2D eigenvalue weighted by molar-refractivity contribution is 5.78. The predicted molar refractivity (Wildman–Crippen MR) is 93.8 cm³/mol. The molecule has 26 heavy (non-hydrogen) atoms. The Morgan fingerprint density at radius 2 is 1.31 bits per heavy atom. The second-order valence-corrected chi connectivity index (χ2v) is 6.80. The van der Waals surface area contributed by atoms with Gasteiger partial charge in [0, 0.05) is 6.42 Å². The maximum Gasteiger partial charge on any atom is 0.453 e. The minimum absolute atomic E-state index is 0.0336. The standard InChI is InChI=1S/C18H31F3N4O/c1-2-3-4-5-6-7-8-9-10-11-12-13-14-15-16(26)25-17(18(19,20)21)22-23-24-25/h2-15H2,1H3. The second-order valence-electron chi connectivity index (χ2n) is 6.80. The summed E-state index contributed by atoms with van der Waals surface area (Å²) < 4.78 is 38.1. The van der Waals surface area contributed by atoms with E-state index < -0.39 is 17.9 Å². The molecule has 0 radical (unpaired) electrons. The summed E-state index contributed by atoms with van der Waals surface area (Å²) >= 11 is 0. The minimum Gasteiger partial charge on any atom is -0.272 e. The van der Waals surface area contributed by atoms with Crippen molar-refractivity contribution in [2.24, 2.45) is 0 Å². The van der Waals surface area contributed by atoms with E-state index in [1.165, 1.54) is 57.8 Å². The Bertz CT molecular complexity index is 503. The van der Waals surface area contributed by atoms with Crippen molar-refractivity contribution in [3.8, 4) is 0 Å².